The highest BCUT2D eigenvalue weighted by molar-refractivity contribution is 7.13. The maximum absolute atomic E-state index is 12.9. The van der Waals surface area contributed by atoms with E-state index >= 15 is 0 Å². The molecule has 1 amide bonds. The molecular formula is C22H22N2OS. The molecule has 4 heteroatoms. The minimum absolute atomic E-state index is 0.0449. The van der Waals surface area contributed by atoms with E-state index in [1.165, 1.54) is 28.0 Å². The average Bonchev–Trinajstić information content (AvgIpc) is 3.06. The molecule has 1 aromatic heterocycles. The van der Waals surface area contributed by atoms with E-state index in [2.05, 4.69) is 73.1 Å². The number of nitrogens with zero attached hydrogens (tertiary/aromatic N) is 1. The van der Waals surface area contributed by atoms with Crippen LogP contribution in [0.3, 0.4) is 0 Å². The second-order valence-electron chi connectivity index (χ2n) is 6.99. The van der Waals surface area contributed by atoms with E-state index in [-0.39, 0.29) is 12.1 Å². The van der Waals surface area contributed by atoms with Crippen LogP contribution in [-0.4, -0.2) is 24.0 Å². The number of aryl methyl sites for hydroxylation is 2. The van der Waals surface area contributed by atoms with Crippen molar-refractivity contribution in [1.82, 2.24) is 4.90 Å². The lowest BCUT2D eigenvalue weighted by Gasteiger charge is -2.34. The fraction of sp³-hybridized carbons (Fsp3) is 0.227. The number of nitrogens with one attached hydrogen (secondary N) is 1. The number of benzene rings is 2. The summed E-state index contributed by atoms with van der Waals surface area (Å²) in [4.78, 5) is 15.5. The molecule has 0 fully saturated rings. The van der Waals surface area contributed by atoms with Crippen LogP contribution in [0.25, 0.3) is 11.1 Å². The normalized spacial score (nSPS) is 16.3. The monoisotopic (exact) mass is 362 g/mol. The predicted octanol–water partition coefficient (Wildman–Crippen LogP) is 5.10. The first-order chi connectivity index (χ1) is 12.5. The molecular weight excluding hydrogens is 340 g/mol. The summed E-state index contributed by atoms with van der Waals surface area (Å²) in [5.41, 5.74) is 6.94. The Kier molecular flexibility index (Phi) is 4.29. The van der Waals surface area contributed by atoms with Crippen molar-refractivity contribution in [2.45, 2.75) is 26.4 Å². The standard InChI is InChI=1S/C22H22N2OS/c1-14-4-8-16(9-5-14)12-19-23-20-18(17-10-6-15(2)7-11-17)13-26-21(20)22(25)24(19)3/h4-11,13,19,23H,12H2,1-3H3/t19-/m0/s1. The van der Waals surface area contributed by atoms with Gasteiger partial charge >= 0.3 is 0 Å². The molecule has 2 heterocycles. The summed E-state index contributed by atoms with van der Waals surface area (Å²) in [6, 6.07) is 17.0. The Morgan fingerprint density at radius 1 is 1.00 bits per heavy atom. The number of amides is 1. The van der Waals surface area contributed by atoms with Gasteiger partial charge in [0.15, 0.2) is 0 Å². The van der Waals surface area contributed by atoms with E-state index in [0.29, 0.717) is 0 Å². The molecule has 3 nitrogen and oxygen atoms in total. The first-order valence-corrected chi connectivity index (χ1v) is 9.68. The number of hydrogen-bond acceptors (Lipinski definition) is 3. The van der Waals surface area contributed by atoms with E-state index in [1.54, 1.807) is 0 Å². The van der Waals surface area contributed by atoms with Crippen LogP contribution in [0.5, 0.6) is 0 Å². The summed E-state index contributed by atoms with van der Waals surface area (Å²) in [5.74, 6) is 0.0965. The number of hydrogen-bond donors (Lipinski definition) is 1. The second-order valence-corrected chi connectivity index (χ2v) is 7.87. The van der Waals surface area contributed by atoms with Crippen molar-refractivity contribution in [3.05, 3.63) is 75.5 Å². The Morgan fingerprint density at radius 2 is 1.62 bits per heavy atom. The van der Waals surface area contributed by atoms with Crippen molar-refractivity contribution in [2.24, 2.45) is 0 Å². The van der Waals surface area contributed by atoms with E-state index in [0.717, 1.165) is 28.1 Å². The van der Waals surface area contributed by atoms with Crippen LogP contribution in [0.2, 0.25) is 0 Å². The Morgan fingerprint density at radius 3 is 2.27 bits per heavy atom. The molecule has 3 aromatic rings. The summed E-state index contributed by atoms with van der Waals surface area (Å²) in [5, 5.41) is 5.70. The van der Waals surface area contributed by atoms with Gasteiger partial charge in [0.2, 0.25) is 0 Å². The quantitative estimate of drug-likeness (QED) is 0.703. The first-order valence-electron chi connectivity index (χ1n) is 8.80. The average molecular weight is 362 g/mol. The minimum Gasteiger partial charge on any atom is -0.363 e. The van der Waals surface area contributed by atoms with Gasteiger partial charge in [-0.25, -0.2) is 0 Å². The van der Waals surface area contributed by atoms with E-state index in [1.807, 2.05) is 11.9 Å². The summed E-state index contributed by atoms with van der Waals surface area (Å²) < 4.78 is 0. The third kappa shape index (κ3) is 3.01. The maximum atomic E-state index is 12.9. The minimum atomic E-state index is -0.0449. The third-order valence-corrected chi connectivity index (χ3v) is 5.96. The molecule has 1 N–H and O–H groups in total. The zero-order valence-electron chi connectivity index (χ0n) is 15.2. The van der Waals surface area contributed by atoms with Crippen LogP contribution in [0, 0.1) is 13.8 Å². The topological polar surface area (TPSA) is 32.3 Å². The van der Waals surface area contributed by atoms with Crippen LogP contribution < -0.4 is 5.32 Å². The molecule has 1 atom stereocenters. The van der Waals surface area contributed by atoms with Gasteiger partial charge in [-0.1, -0.05) is 59.7 Å². The molecule has 0 aliphatic carbocycles. The molecule has 26 heavy (non-hydrogen) atoms. The Balaban J connectivity index is 1.67. The summed E-state index contributed by atoms with van der Waals surface area (Å²) in [6.45, 7) is 4.17. The fourth-order valence-corrected chi connectivity index (χ4v) is 4.33. The lowest BCUT2D eigenvalue weighted by atomic mass is 10.0. The number of anilines is 1. The van der Waals surface area contributed by atoms with Crippen LogP contribution >= 0.6 is 11.3 Å². The highest BCUT2D eigenvalue weighted by Gasteiger charge is 2.32. The number of likely N-dealkylation sites (N-methyl/N-ethyl adjacent to an activating group) is 1. The molecule has 132 valence electrons. The van der Waals surface area contributed by atoms with Gasteiger partial charge in [0.05, 0.1) is 5.69 Å². The lowest BCUT2D eigenvalue weighted by Crippen LogP contribution is -2.47. The van der Waals surface area contributed by atoms with Crippen molar-refractivity contribution in [3.8, 4) is 11.1 Å². The molecule has 0 unspecified atom stereocenters. The van der Waals surface area contributed by atoms with Gasteiger partial charge in [-0.05, 0) is 25.0 Å². The molecule has 0 saturated heterocycles. The zero-order chi connectivity index (χ0) is 18.3. The molecule has 1 aliphatic heterocycles. The summed E-state index contributed by atoms with van der Waals surface area (Å²) in [6.07, 6.45) is 0.738. The first kappa shape index (κ1) is 16.9. The molecule has 0 spiro atoms. The van der Waals surface area contributed by atoms with Crippen LogP contribution in [-0.2, 0) is 6.42 Å². The maximum Gasteiger partial charge on any atom is 0.267 e. The van der Waals surface area contributed by atoms with E-state index in [9.17, 15) is 4.79 Å². The van der Waals surface area contributed by atoms with Crippen molar-refractivity contribution >= 4 is 22.9 Å². The van der Waals surface area contributed by atoms with Gasteiger partial charge in [0, 0.05) is 24.4 Å². The van der Waals surface area contributed by atoms with Crippen molar-refractivity contribution < 1.29 is 4.79 Å². The number of thiophene rings is 1. The van der Waals surface area contributed by atoms with Crippen molar-refractivity contribution in [2.75, 3.05) is 12.4 Å². The van der Waals surface area contributed by atoms with Gasteiger partial charge in [0.25, 0.3) is 5.91 Å². The Labute approximate surface area is 158 Å². The highest BCUT2D eigenvalue weighted by Crippen LogP contribution is 2.40. The Bertz CT molecular complexity index is 941. The lowest BCUT2D eigenvalue weighted by molar-refractivity contribution is 0.0742. The van der Waals surface area contributed by atoms with Gasteiger partial charge in [-0.2, -0.15) is 0 Å². The highest BCUT2D eigenvalue weighted by atomic mass is 32.1. The molecule has 1 aliphatic rings. The van der Waals surface area contributed by atoms with Gasteiger partial charge in [-0.3, -0.25) is 4.79 Å². The van der Waals surface area contributed by atoms with Crippen LogP contribution in [0.4, 0.5) is 5.69 Å². The number of fused-ring (bicyclic) bond motifs is 1. The summed E-state index contributed by atoms with van der Waals surface area (Å²) >= 11 is 1.52. The number of carbonyl (C=O) groups excluding carboxylic acids is 1. The Hall–Kier alpha value is -2.59. The van der Waals surface area contributed by atoms with E-state index in [4.69, 9.17) is 0 Å². The SMILES string of the molecule is Cc1ccc(C[C@H]2Nc3c(-c4ccc(C)cc4)csc3C(=O)N2C)cc1. The van der Waals surface area contributed by atoms with Gasteiger partial charge in [0.1, 0.15) is 11.0 Å². The third-order valence-electron chi connectivity index (χ3n) is 5.00. The smallest absolute Gasteiger partial charge is 0.267 e. The number of rotatable bonds is 3. The predicted molar refractivity (Wildman–Crippen MR) is 109 cm³/mol. The van der Waals surface area contributed by atoms with Crippen molar-refractivity contribution in [3.63, 3.8) is 0 Å². The molecule has 0 saturated carbocycles. The molecule has 2 aromatic carbocycles. The van der Waals surface area contributed by atoms with Gasteiger partial charge < -0.3 is 10.2 Å². The molecule has 0 bridgehead atoms. The summed E-state index contributed by atoms with van der Waals surface area (Å²) in [7, 11) is 1.88. The largest absolute Gasteiger partial charge is 0.363 e. The fourth-order valence-electron chi connectivity index (χ4n) is 3.30. The van der Waals surface area contributed by atoms with Crippen LogP contribution in [0.15, 0.2) is 53.9 Å². The zero-order valence-corrected chi connectivity index (χ0v) is 16.1. The molecule has 4 rings (SSSR count). The van der Waals surface area contributed by atoms with Crippen molar-refractivity contribution in [1.29, 1.82) is 0 Å². The van der Waals surface area contributed by atoms with Gasteiger partial charge in [-0.15, -0.1) is 11.3 Å². The number of carbonyl (C=O) groups is 1. The second kappa shape index (κ2) is 6.61. The van der Waals surface area contributed by atoms with E-state index < -0.39 is 0 Å². The van der Waals surface area contributed by atoms with Crippen LogP contribution in [0.1, 0.15) is 26.4 Å². The molecule has 0 radical (unpaired) electrons.